The van der Waals surface area contributed by atoms with E-state index in [4.69, 9.17) is 27.9 Å². The average molecular weight is 356 g/mol. The second kappa shape index (κ2) is 7.94. The molecule has 0 aliphatic carbocycles. The van der Waals surface area contributed by atoms with E-state index in [1.54, 1.807) is 24.3 Å². The Labute approximate surface area is 142 Å². The third-order valence-electron chi connectivity index (χ3n) is 2.83. The van der Waals surface area contributed by atoms with Crippen LogP contribution in [0.3, 0.4) is 0 Å². The third-order valence-corrected chi connectivity index (χ3v) is 3.40. The summed E-state index contributed by atoms with van der Waals surface area (Å²) in [5, 5.41) is 3.06. The number of hydrogen-bond acceptors (Lipinski definition) is 3. The Morgan fingerprint density at radius 2 is 1.78 bits per heavy atom. The van der Waals surface area contributed by atoms with Gasteiger partial charge in [0.1, 0.15) is 5.82 Å². The van der Waals surface area contributed by atoms with Crippen molar-refractivity contribution in [2.24, 2.45) is 0 Å². The predicted octanol–water partition coefficient (Wildman–Crippen LogP) is 3.86. The van der Waals surface area contributed by atoms with Crippen molar-refractivity contribution < 1.29 is 18.7 Å². The first kappa shape index (κ1) is 17.2. The number of carbonyl (C=O) groups is 2. The summed E-state index contributed by atoms with van der Waals surface area (Å²) < 4.78 is 17.8. The van der Waals surface area contributed by atoms with Crippen LogP contribution in [0.25, 0.3) is 0 Å². The monoisotopic (exact) mass is 355 g/mol. The number of hydrogen-bond donors (Lipinski definition) is 1. The van der Waals surface area contributed by atoms with E-state index in [9.17, 15) is 14.0 Å². The van der Waals surface area contributed by atoms with Crippen molar-refractivity contribution in [1.82, 2.24) is 0 Å². The van der Waals surface area contributed by atoms with Crippen LogP contribution in [0, 0.1) is 5.82 Å². The molecule has 0 saturated heterocycles. The van der Waals surface area contributed by atoms with E-state index in [0.717, 1.165) is 17.7 Å². The predicted molar refractivity (Wildman–Crippen MR) is 86.2 cm³/mol. The van der Waals surface area contributed by atoms with Crippen molar-refractivity contribution in [1.29, 1.82) is 0 Å². The number of carbonyl (C=O) groups excluding carboxylic acids is 2. The Morgan fingerprint density at radius 1 is 1.09 bits per heavy atom. The fourth-order valence-corrected chi connectivity index (χ4v) is 2.08. The molecule has 0 aliphatic heterocycles. The maximum absolute atomic E-state index is 12.9. The van der Waals surface area contributed by atoms with Gasteiger partial charge in [0.2, 0.25) is 0 Å². The second-order valence-corrected chi connectivity index (χ2v) is 5.48. The molecule has 120 valence electrons. The zero-order valence-corrected chi connectivity index (χ0v) is 13.3. The number of benzene rings is 2. The molecule has 0 unspecified atom stereocenters. The molecule has 0 atom stereocenters. The lowest BCUT2D eigenvalue weighted by Crippen LogP contribution is -2.21. The molecule has 0 radical (unpaired) electrons. The third kappa shape index (κ3) is 5.54. The summed E-state index contributed by atoms with van der Waals surface area (Å²) in [6.45, 7) is -0.458. The minimum absolute atomic E-state index is 0.0295. The number of halogens is 3. The zero-order valence-electron chi connectivity index (χ0n) is 11.8. The molecule has 2 aromatic rings. The lowest BCUT2D eigenvalue weighted by atomic mass is 10.1. The highest BCUT2D eigenvalue weighted by Gasteiger charge is 2.10. The van der Waals surface area contributed by atoms with Gasteiger partial charge in [-0.15, -0.1) is 0 Å². The Balaban J connectivity index is 1.81. The maximum atomic E-state index is 12.9. The van der Waals surface area contributed by atoms with E-state index < -0.39 is 24.3 Å². The van der Waals surface area contributed by atoms with Gasteiger partial charge in [-0.1, -0.05) is 35.3 Å². The van der Waals surface area contributed by atoms with Gasteiger partial charge in [-0.05, 0) is 35.9 Å². The number of rotatable bonds is 5. The highest BCUT2D eigenvalue weighted by molar-refractivity contribution is 6.33. The highest BCUT2D eigenvalue weighted by atomic mass is 35.5. The van der Waals surface area contributed by atoms with Gasteiger partial charge >= 0.3 is 5.97 Å². The van der Waals surface area contributed by atoms with E-state index in [2.05, 4.69) is 5.32 Å². The molecule has 23 heavy (non-hydrogen) atoms. The maximum Gasteiger partial charge on any atom is 0.310 e. The Bertz CT molecular complexity index is 720. The van der Waals surface area contributed by atoms with Gasteiger partial charge in [-0.25, -0.2) is 4.39 Å². The van der Waals surface area contributed by atoms with Gasteiger partial charge in [0, 0.05) is 5.02 Å². The van der Waals surface area contributed by atoms with Crippen molar-refractivity contribution in [3.8, 4) is 0 Å². The summed E-state index contributed by atoms with van der Waals surface area (Å²) in [4.78, 5) is 23.3. The van der Waals surface area contributed by atoms with Crippen LogP contribution in [0.5, 0.6) is 0 Å². The summed E-state index contributed by atoms with van der Waals surface area (Å²) in [7, 11) is 0. The molecule has 2 rings (SSSR count). The molecule has 0 fully saturated rings. The summed E-state index contributed by atoms with van der Waals surface area (Å²) in [6.07, 6.45) is 0.0295. The first-order valence-corrected chi connectivity index (χ1v) is 7.34. The lowest BCUT2D eigenvalue weighted by molar-refractivity contribution is -0.146. The molecule has 2 aromatic carbocycles. The van der Waals surface area contributed by atoms with Crippen LogP contribution in [0.4, 0.5) is 10.1 Å². The minimum Gasteiger partial charge on any atom is -0.455 e. The number of esters is 1. The normalized spacial score (nSPS) is 10.2. The average Bonchev–Trinajstić information content (AvgIpc) is 2.50. The SMILES string of the molecule is O=C(COC(=O)Cc1ccc(Cl)cc1)Nc1ccc(F)cc1Cl. The van der Waals surface area contributed by atoms with Crippen LogP contribution in [-0.2, 0) is 20.7 Å². The largest absolute Gasteiger partial charge is 0.455 e. The molecule has 7 heteroatoms. The van der Waals surface area contributed by atoms with Crippen molar-refractivity contribution in [3.05, 3.63) is 63.9 Å². The highest BCUT2D eigenvalue weighted by Crippen LogP contribution is 2.22. The Kier molecular flexibility index (Phi) is 5.96. The number of amides is 1. The van der Waals surface area contributed by atoms with E-state index in [1.165, 1.54) is 6.07 Å². The molecule has 0 bridgehead atoms. The molecule has 0 aromatic heterocycles. The molecule has 0 saturated carbocycles. The number of anilines is 1. The van der Waals surface area contributed by atoms with Gasteiger partial charge in [0.15, 0.2) is 6.61 Å². The van der Waals surface area contributed by atoms with Crippen molar-refractivity contribution in [2.45, 2.75) is 6.42 Å². The quantitative estimate of drug-likeness (QED) is 0.828. The van der Waals surface area contributed by atoms with Crippen molar-refractivity contribution in [2.75, 3.05) is 11.9 Å². The zero-order chi connectivity index (χ0) is 16.8. The Hall–Kier alpha value is -2.11. The fourth-order valence-electron chi connectivity index (χ4n) is 1.74. The molecule has 1 N–H and O–H groups in total. The molecule has 0 heterocycles. The van der Waals surface area contributed by atoms with E-state index in [0.29, 0.717) is 5.02 Å². The van der Waals surface area contributed by atoms with E-state index >= 15 is 0 Å². The standard InChI is InChI=1S/C16H12Cl2FNO3/c17-11-3-1-10(2-4-11)7-16(22)23-9-15(21)20-14-6-5-12(19)8-13(14)18/h1-6,8H,7,9H2,(H,20,21). The second-order valence-electron chi connectivity index (χ2n) is 4.64. The van der Waals surface area contributed by atoms with Crippen LogP contribution in [0.1, 0.15) is 5.56 Å². The fraction of sp³-hybridized carbons (Fsp3) is 0.125. The molecule has 1 amide bonds. The van der Waals surface area contributed by atoms with Crippen LogP contribution in [-0.4, -0.2) is 18.5 Å². The molecular formula is C16H12Cl2FNO3. The minimum atomic E-state index is -0.567. The summed E-state index contributed by atoms with van der Waals surface area (Å²) >= 11 is 11.5. The van der Waals surface area contributed by atoms with Crippen LogP contribution in [0.15, 0.2) is 42.5 Å². The Morgan fingerprint density at radius 3 is 2.43 bits per heavy atom. The van der Waals surface area contributed by atoms with Gasteiger partial charge in [0.25, 0.3) is 5.91 Å². The van der Waals surface area contributed by atoms with Gasteiger partial charge in [0.05, 0.1) is 17.1 Å². The van der Waals surface area contributed by atoms with Gasteiger partial charge < -0.3 is 10.1 Å². The van der Waals surface area contributed by atoms with E-state index in [1.807, 2.05) is 0 Å². The van der Waals surface area contributed by atoms with Crippen LogP contribution >= 0.6 is 23.2 Å². The van der Waals surface area contributed by atoms with Crippen molar-refractivity contribution >= 4 is 40.8 Å². The lowest BCUT2D eigenvalue weighted by Gasteiger charge is -2.08. The molecule has 0 spiro atoms. The summed E-state index contributed by atoms with van der Waals surface area (Å²) in [5.41, 5.74) is 0.966. The van der Waals surface area contributed by atoms with Crippen LogP contribution < -0.4 is 5.32 Å². The van der Waals surface area contributed by atoms with Crippen LogP contribution in [0.2, 0.25) is 10.0 Å². The summed E-state index contributed by atoms with van der Waals surface area (Å²) in [6, 6.07) is 10.3. The van der Waals surface area contributed by atoms with E-state index in [-0.39, 0.29) is 17.1 Å². The number of ether oxygens (including phenoxy) is 1. The molecular weight excluding hydrogens is 344 g/mol. The topological polar surface area (TPSA) is 55.4 Å². The first-order chi connectivity index (χ1) is 10.9. The molecule has 0 aliphatic rings. The first-order valence-electron chi connectivity index (χ1n) is 6.59. The van der Waals surface area contributed by atoms with Gasteiger partial charge in [-0.3, -0.25) is 9.59 Å². The van der Waals surface area contributed by atoms with Gasteiger partial charge in [-0.2, -0.15) is 0 Å². The number of nitrogens with one attached hydrogen (secondary N) is 1. The smallest absolute Gasteiger partial charge is 0.310 e. The summed E-state index contributed by atoms with van der Waals surface area (Å²) in [5.74, 6) is -1.63. The van der Waals surface area contributed by atoms with Crippen molar-refractivity contribution in [3.63, 3.8) is 0 Å². The molecule has 4 nitrogen and oxygen atoms in total.